The monoisotopic (exact) mass is 308 g/mol. The zero-order valence-corrected chi connectivity index (χ0v) is 12.0. The van der Waals surface area contributed by atoms with Gasteiger partial charge in [-0.05, 0) is 18.2 Å². The number of carbonyl (C=O) groups is 1. The summed E-state index contributed by atoms with van der Waals surface area (Å²) in [5, 5.41) is 17.0. The summed E-state index contributed by atoms with van der Waals surface area (Å²) >= 11 is 0. The molecule has 0 radical (unpaired) electrons. The topological polar surface area (TPSA) is 114 Å². The molecule has 114 valence electrons. The van der Waals surface area contributed by atoms with E-state index in [0.717, 1.165) is 6.42 Å². The second-order valence-corrected chi connectivity index (χ2v) is 4.81. The lowest BCUT2D eigenvalue weighted by atomic mass is 10.1. The van der Waals surface area contributed by atoms with Crippen LogP contribution in [0.5, 0.6) is 0 Å². The van der Waals surface area contributed by atoms with Gasteiger partial charge in [-0.25, -0.2) is 9.99 Å². The molecule has 2 aromatic rings. The molecule has 1 amide bonds. The van der Waals surface area contributed by atoms with Gasteiger partial charge in [0.1, 0.15) is 5.69 Å². The summed E-state index contributed by atoms with van der Waals surface area (Å²) in [6, 6.07) is 8.16. The van der Waals surface area contributed by atoms with Crippen molar-refractivity contribution in [2.45, 2.75) is 6.42 Å². The van der Waals surface area contributed by atoms with Crippen molar-refractivity contribution < 1.29 is 4.79 Å². The normalized spacial score (nSPS) is 12.9. The maximum atomic E-state index is 12.1. The summed E-state index contributed by atoms with van der Waals surface area (Å²) in [6.07, 6.45) is 3.81. The van der Waals surface area contributed by atoms with E-state index in [0.29, 0.717) is 18.1 Å². The number of hydrazone groups is 1. The lowest BCUT2D eigenvalue weighted by molar-refractivity contribution is 0.102. The third-order valence-electron chi connectivity index (χ3n) is 3.22. The van der Waals surface area contributed by atoms with Gasteiger partial charge in [-0.2, -0.15) is 10.4 Å². The minimum atomic E-state index is -0.485. The third-order valence-corrected chi connectivity index (χ3v) is 3.22. The maximum Gasteiger partial charge on any atom is 0.276 e. The number of amides is 1. The van der Waals surface area contributed by atoms with Crippen LogP contribution >= 0.6 is 0 Å². The summed E-state index contributed by atoms with van der Waals surface area (Å²) in [5.41, 5.74) is 0.217. The van der Waals surface area contributed by atoms with Gasteiger partial charge in [0.05, 0.1) is 17.8 Å². The molecule has 2 heterocycles. The van der Waals surface area contributed by atoms with Crippen LogP contribution in [0, 0.1) is 11.3 Å². The van der Waals surface area contributed by atoms with Crippen molar-refractivity contribution in [3.63, 3.8) is 0 Å². The van der Waals surface area contributed by atoms with Crippen LogP contribution in [0.2, 0.25) is 0 Å². The first-order valence-electron chi connectivity index (χ1n) is 6.88. The number of H-pyrrole nitrogens is 1. The highest BCUT2D eigenvalue weighted by atomic mass is 16.2. The number of hydrogen-bond donors (Lipinski definition) is 2. The molecule has 8 nitrogen and oxygen atoms in total. The van der Waals surface area contributed by atoms with Gasteiger partial charge >= 0.3 is 0 Å². The molecular weight excluding hydrogens is 296 g/mol. The highest BCUT2D eigenvalue weighted by Gasteiger charge is 2.14. The van der Waals surface area contributed by atoms with E-state index in [1.807, 2.05) is 6.07 Å². The van der Waals surface area contributed by atoms with E-state index < -0.39 is 11.5 Å². The molecule has 2 N–H and O–H groups in total. The Kier molecular flexibility index (Phi) is 3.84. The summed E-state index contributed by atoms with van der Waals surface area (Å²) in [6.45, 7) is 0.648. The average molecular weight is 308 g/mol. The molecule has 0 spiro atoms. The molecular formula is C15H12N6O2. The zero-order valence-electron chi connectivity index (χ0n) is 12.0. The van der Waals surface area contributed by atoms with Crippen molar-refractivity contribution in [2.24, 2.45) is 5.10 Å². The van der Waals surface area contributed by atoms with Crippen molar-refractivity contribution in [1.82, 2.24) is 9.97 Å². The van der Waals surface area contributed by atoms with E-state index in [1.54, 1.807) is 29.4 Å². The van der Waals surface area contributed by atoms with Crippen LogP contribution in [-0.2, 0) is 0 Å². The van der Waals surface area contributed by atoms with Crippen molar-refractivity contribution in [1.29, 1.82) is 5.26 Å². The number of aromatic amines is 1. The molecule has 23 heavy (non-hydrogen) atoms. The molecule has 1 aromatic heterocycles. The molecule has 0 bridgehead atoms. The van der Waals surface area contributed by atoms with Gasteiger partial charge in [0.2, 0.25) is 5.95 Å². The minimum Gasteiger partial charge on any atom is -0.316 e. The van der Waals surface area contributed by atoms with Crippen LogP contribution in [0.4, 0.5) is 11.6 Å². The van der Waals surface area contributed by atoms with Crippen LogP contribution in [0.15, 0.2) is 40.4 Å². The summed E-state index contributed by atoms with van der Waals surface area (Å²) in [7, 11) is 0. The fourth-order valence-electron chi connectivity index (χ4n) is 2.08. The molecule has 3 rings (SSSR count). The van der Waals surface area contributed by atoms with Crippen molar-refractivity contribution in [3.05, 3.63) is 51.9 Å². The molecule has 0 unspecified atom stereocenters. The Labute approximate surface area is 131 Å². The molecule has 1 aliphatic heterocycles. The average Bonchev–Trinajstić information content (AvgIpc) is 3.11. The number of aromatic nitrogens is 2. The third kappa shape index (κ3) is 3.08. The number of nitrogens with zero attached hydrogens (tertiary/aromatic N) is 4. The zero-order chi connectivity index (χ0) is 16.2. The molecule has 0 fully saturated rings. The summed E-state index contributed by atoms with van der Waals surface area (Å²) < 4.78 is 0. The fraction of sp³-hybridized carbons (Fsp3) is 0.133. The van der Waals surface area contributed by atoms with E-state index in [4.69, 9.17) is 5.26 Å². The number of rotatable bonds is 3. The molecule has 0 saturated heterocycles. The molecule has 0 saturated carbocycles. The van der Waals surface area contributed by atoms with Crippen LogP contribution in [0.25, 0.3) is 0 Å². The predicted molar refractivity (Wildman–Crippen MR) is 84.4 cm³/mol. The summed E-state index contributed by atoms with van der Waals surface area (Å²) in [5.74, 6) is -0.158. The van der Waals surface area contributed by atoms with E-state index in [9.17, 15) is 9.59 Å². The number of hydrogen-bond acceptors (Lipinski definition) is 6. The van der Waals surface area contributed by atoms with Gasteiger partial charge in [-0.15, -0.1) is 0 Å². The number of nitriles is 1. The molecule has 8 heteroatoms. The number of nitrogens with one attached hydrogen (secondary N) is 2. The molecule has 0 aliphatic carbocycles. The second-order valence-electron chi connectivity index (χ2n) is 4.81. The Morgan fingerprint density at radius 1 is 1.43 bits per heavy atom. The van der Waals surface area contributed by atoms with Gasteiger partial charge in [0, 0.05) is 24.7 Å². The smallest absolute Gasteiger partial charge is 0.276 e. The Hall–Kier alpha value is -3.47. The SMILES string of the molecule is N#Cc1cccc(C(=O)Nc2cnc(N3CCC=N3)[nH]c2=O)c1. The van der Waals surface area contributed by atoms with Crippen molar-refractivity contribution in [3.8, 4) is 6.07 Å². The van der Waals surface area contributed by atoms with Crippen LogP contribution < -0.4 is 15.9 Å². The molecule has 1 aliphatic rings. The number of anilines is 2. The highest BCUT2D eigenvalue weighted by molar-refractivity contribution is 6.04. The Morgan fingerprint density at radius 2 is 2.30 bits per heavy atom. The highest BCUT2D eigenvalue weighted by Crippen LogP contribution is 2.11. The first-order chi connectivity index (χ1) is 11.2. The van der Waals surface area contributed by atoms with E-state index in [1.165, 1.54) is 12.3 Å². The first kappa shape index (κ1) is 14.5. The quantitative estimate of drug-likeness (QED) is 0.881. The Bertz CT molecular complexity index is 880. The second kappa shape index (κ2) is 6.11. The van der Waals surface area contributed by atoms with E-state index >= 15 is 0 Å². The summed E-state index contributed by atoms with van der Waals surface area (Å²) in [4.78, 5) is 30.9. The van der Waals surface area contributed by atoms with E-state index in [-0.39, 0.29) is 11.3 Å². The van der Waals surface area contributed by atoms with Crippen LogP contribution in [0.3, 0.4) is 0 Å². The lowest BCUT2D eigenvalue weighted by Gasteiger charge is -2.12. The molecule has 0 atom stereocenters. The first-order valence-corrected chi connectivity index (χ1v) is 6.88. The van der Waals surface area contributed by atoms with Crippen LogP contribution in [-0.4, -0.2) is 28.6 Å². The Balaban J connectivity index is 1.80. The molecule has 1 aromatic carbocycles. The van der Waals surface area contributed by atoms with Gasteiger partial charge in [-0.3, -0.25) is 14.6 Å². The predicted octanol–water partition coefficient (Wildman–Crippen LogP) is 1.09. The Morgan fingerprint density at radius 3 is 3.00 bits per heavy atom. The number of benzene rings is 1. The fourth-order valence-corrected chi connectivity index (χ4v) is 2.08. The van der Waals surface area contributed by atoms with Gasteiger partial charge in [-0.1, -0.05) is 6.07 Å². The van der Waals surface area contributed by atoms with Gasteiger partial charge in [0.15, 0.2) is 0 Å². The van der Waals surface area contributed by atoms with Crippen molar-refractivity contribution in [2.75, 3.05) is 16.9 Å². The standard InChI is InChI=1S/C15H12N6O2/c16-8-10-3-1-4-11(7-10)13(22)19-12-9-17-15(20-14(12)23)21-6-2-5-18-21/h1,3-5,7,9H,2,6H2,(H,19,22)(H,17,20,23). The van der Waals surface area contributed by atoms with E-state index in [2.05, 4.69) is 20.4 Å². The van der Waals surface area contributed by atoms with Gasteiger partial charge in [0.25, 0.3) is 11.5 Å². The maximum absolute atomic E-state index is 12.1. The minimum absolute atomic E-state index is 0.0317. The largest absolute Gasteiger partial charge is 0.316 e. The van der Waals surface area contributed by atoms with Crippen molar-refractivity contribution >= 4 is 23.8 Å². The van der Waals surface area contributed by atoms with Gasteiger partial charge < -0.3 is 5.32 Å². The number of carbonyl (C=O) groups excluding carboxylic acids is 1. The lowest BCUT2D eigenvalue weighted by Crippen LogP contribution is -2.24. The van der Waals surface area contributed by atoms with Crippen LogP contribution in [0.1, 0.15) is 22.3 Å².